The van der Waals surface area contributed by atoms with Crippen molar-refractivity contribution < 1.29 is 8.42 Å². The summed E-state index contributed by atoms with van der Waals surface area (Å²) in [5.41, 5.74) is 0.724. The van der Waals surface area contributed by atoms with Crippen molar-refractivity contribution in [2.75, 3.05) is 6.26 Å². The highest BCUT2D eigenvalue weighted by Crippen LogP contribution is 2.20. The zero-order valence-corrected chi connectivity index (χ0v) is 12.3. The second-order valence-electron chi connectivity index (χ2n) is 3.97. The molecule has 0 aromatic carbocycles. The molecular weight excluding hydrogens is 322 g/mol. The normalized spacial score (nSPS) is 12.0. The van der Waals surface area contributed by atoms with Crippen LogP contribution in [0.25, 0.3) is 11.0 Å². The van der Waals surface area contributed by atoms with Gasteiger partial charge in [-0.3, -0.25) is 9.36 Å². The Morgan fingerprint density at radius 1 is 1.39 bits per heavy atom. The first-order valence-corrected chi connectivity index (χ1v) is 7.64. The smallest absolute Gasteiger partial charge is 0.266 e. The highest BCUT2D eigenvalue weighted by atomic mass is 79.9. The summed E-state index contributed by atoms with van der Waals surface area (Å²) >= 11 is 3.20. The molecule has 2 aromatic heterocycles. The van der Waals surface area contributed by atoms with Crippen molar-refractivity contribution in [1.29, 1.82) is 0 Å². The summed E-state index contributed by atoms with van der Waals surface area (Å²) in [5.74, 6) is 0. The maximum Gasteiger partial charge on any atom is 0.266 e. The number of fused-ring (bicyclic) bond motifs is 1. The Morgan fingerprint density at radius 3 is 2.56 bits per heavy atom. The second-order valence-corrected chi connectivity index (χ2v) is 6.67. The topological polar surface area (TPSA) is 81.9 Å². The Kier molecular flexibility index (Phi) is 3.02. The lowest BCUT2D eigenvalue weighted by molar-refractivity contribution is 0.593. The Labute approximate surface area is 112 Å². The van der Waals surface area contributed by atoms with Gasteiger partial charge in [0.1, 0.15) is 5.65 Å². The van der Waals surface area contributed by atoms with E-state index in [9.17, 15) is 13.2 Å². The summed E-state index contributed by atoms with van der Waals surface area (Å²) in [7, 11) is -1.96. The molecule has 0 aliphatic carbocycles. The molecule has 8 heteroatoms. The second kappa shape index (κ2) is 4.13. The van der Waals surface area contributed by atoms with Crippen LogP contribution in [-0.2, 0) is 16.9 Å². The van der Waals surface area contributed by atoms with Gasteiger partial charge in [0, 0.05) is 24.9 Å². The van der Waals surface area contributed by atoms with Crippen LogP contribution >= 0.6 is 15.9 Å². The quantitative estimate of drug-likeness (QED) is 0.722. The number of sulfone groups is 1. The van der Waals surface area contributed by atoms with Crippen molar-refractivity contribution in [3.8, 4) is 0 Å². The summed E-state index contributed by atoms with van der Waals surface area (Å²) in [5, 5.41) is 0.350. The van der Waals surface area contributed by atoms with Crippen LogP contribution in [0.5, 0.6) is 0 Å². The summed E-state index contributed by atoms with van der Waals surface area (Å²) in [6.45, 7) is 1.75. The molecule has 0 saturated heterocycles. The lowest BCUT2D eigenvalue weighted by Crippen LogP contribution is -2.20. The molecule has 0 amide bonds. The number of rotatable bonds is 1. The van der Waals surface area contributed by atoms with Crippen molar-refractivity contribution in [1.82, 2.24) is 14.5 Å². The first-order chi connectivity index (χ1) is 8.23. The van der Waals surface area contributed by atoms with Gasteiger partial charge in [-0.2, -0.15) is 4.98 Å². The fourth-order valence-electron chi connectivity index (χ4n) is 1.58. The Hall–Kier alpha value is -1.28. The van der Waals surface area contributed by atoms with Gasteiger partial charge < -0.3 is 0 Å². The number of aromatic nitrogens is 3. The Morgan fingerprint density at radius 2 is 2.00 bits per heavy atom. The van der Waals surface area contributed by atoms with Gasteiger partial charge in [-0.15, -0.1) is 0 Å². The molecule has 0 radical (unpaired) electrons. The SMILES string of the molecule is Cc1c(Br)c(=O)n(C)c2nc(S(C)(=O)=O)ncc12. The van der Waals surface area contributed by atoms with Crippen molar-refractivity contribution in [2.24, 2.45) is 7.05 Å². The standard InChI is InChI=1S/C10H10BrN3O3S/c1-5-6-4-12-10(18(3,16)17)13-8(6)14(2)9(15)7(5)11/h4H,1-3H3. The van der Waals surface area contributed by atoms with Crippen LogP contribution in [0.2, 0.25) is 0 Å². The highest BCUT2D eigenvalue weighted by Gasteiger charge is 2.16. The lowest BCUT2D eigenvalue weighted by atomic mass is 10.2. The molecule has 2 aromatic rings. The maximum absolute atomic E-state index is 11.9. The fraction of sp³-hybridized carbons (Fsp3) is 0.300. The van der Waals surface area contributed by atoms with Crippen molar-refractivity contribution in [2.45, 2.75) is 12.1 Å². The van der Waals surface area contributed by atoms with E-state index in [0.29, 0.717) is 21.1 Å². The molecule has 18 heavy (non-hydrogen) atoms. The van der Waals surface area contributed by atoms with E-state index >= 15 is 0 Å². The summed E-state index contributed by atoms with van der Waals surface area (Å²) < 4.78 is 24.5. The number of hydrogen-bond acceptors (Lipinski definition) is 5. The van der Waals surface area contributed by atoms with Gasteiger partial charge in [0.15, 0.2) is 0 Å². The number of pyridine rings is 1. The van der Waals surface area contributed by atoms with Crippen LogP contribution in [-0.4, -0.2) is 29.2 Å². The molecule has 0 spiro atoms. The van der Waals surface area contributed by atoms with Crippen molar-refractivity contribution in [3.05, 3.63) is 26.6 Å². The van der Waals surface area contributed by atoms with E-state index in [4.69, 9.17) is 0 Å². The van der Waals surface area contributed by atoms with E-state index < -0.39 is 9.84 Å². The molecule has 0 N–H and O–H groups in total. The van der Waals surface area contributed by atoms with E-state index in [-0.39, 0.29) is 10.7 Å². The number of halogens is 1. The van der Waals surface area contributed by atoms with Gasteiger partial charge in [0.25, 0.3) is 5.56 Å². The average Bonchev–Trinajstić information content (AvgIpc) is 2.32. The zero-order valence-electron chi connectivity index (χ0n) is 9.93. The summed E-state index contributed by atoms with van der Waals surface area (Å²) in [4.78, 5) is 19.6. The van der Waals surface area contributed by atoms with Gasteiger partial charge in [0.05, 0.1) is 4.47 Å². The van der Waals surface area contributed by atoms with Gasteiger partial charge in [-0.05, 0) is 28.4 Å². The zero-order chi connectivity index (χ0) is 13.7. The largest absolute Gasteiger partial charge is 0.295 e. The minimum atomic E-state index is -3.50. The van der Waals surface area contributed by atoms with Crippen LogP contribution in [0.15, 0.2) is 20.6 Å². The van der Waals surface area contributed by atoms with Gasteiger partial charge in [0.2, 0.25) is 15.0 Å². The molecule has 0 aliphatic heterocycles. The van der Waals surface area contributed by atoms with E-state index in [1.54, 1.807) is 6.92 Å². The van der Waals surface area contributed by atoms with Crippen molar-refractivity contribution >= 4 is 36.8 Å². The molecule has 0 saturated carbocycles. The minimum Gasteiger partial charge on any atom is -0.295 e. The molecule has 6 nitrogen and oxygen atoms in total. The van der Waals surface area contributed by atoms with Gasteiger partial charge >= 0.3 is 0 Å². The first kappa shape index (κ1) is 13.2. The Balaban J connectivity index is 3.00. The molecular formula is C10H10BrN3O3S. The molecule has 0 aliphatic rings. The van der Waals surface area contributed by atoms with E-state index in [1.165, 1.54) is 17.8 Å². The highest BCUT2D eigenvalue weighted by molar-refractivity contribution is 9.10. The minimum absolute atomic E-state index is 0.266. The Bertz CT molecular complexity index is 811. The summed E-state index contributed by atoms with van der Waals surface area (Å²) in [6.07, 6.45) is 2.44. The van der Waals surface area contributed by atoms with Crippen LogP contribution in [0.4, 0.5) is 0 Å². The summed E-state index contributed by atoms with van der Waals surface area (Å²) in [6, 6.07) is 0. The van der Waals surface area contributed by atoms with Crippen LogP contribution < -0.4 is 5.56 Å². The number of aryl methyl sites for hydroxylation is 2. The van der Waals surface area contributed by atoms with E-state index in [0.717, 1.165) is 6.26 Å². The number of nitrogens with zero attached hydrogens (tertiary/aromatic N) is 3. The molecule has 2 rings (SSSR count). The molecule has 96 valence electrons. The van der Waals surface area contributed by atoms with Crippen LogP contribution in [0.3, 0.4) is 0 Å². The van der Waals surface area contributed by atoms with Crippen LogP contribution in [0, 0.1) is 6.92 Å². The van der Waals surface area contributed by atoms with Gasteiger partial charge in [-0.1, -0.05) is 0 Å². The third-order valence-electron chi connectivity index (χ3n) is 2.62. The lowest BCUT2D eigenvalue weighted by Gasteiger charge is -2.09. The predicted molar refractivity (Wildman–Crippen MR) is 70.3 cm³/mol. The molecule has 2 heterocycles. The third kappa shape index (κ3) is 1.95. The molecule has 0 atom stereocenters. The van der Waals surface area contributed by atoms with Crippen LogP contribution in [0.1, 0.15) is 5.56 Å². The predicted octanol–water partition coefficient (Wildman–Crippen LogP) is 0.803. The fourth-order valence-corrected chi connectivity index (χ4v) is 2.55. The monoisotopic (exact) mass is 331 g/mol. The van der Waals surface area contributed by atoms with Crippen molar-refractivity contribution in [3.63, 3.8) is 0 Å². The van der Waals surface area contributed by atoms with Gasteiger partial charge in [-0.25, -0.2) is 13.4 Å². The number of hydrogen-bond donors (Lipinski definition) is 0. The maximum atomic E-state index is 11.9. The van der Waals surface area contributed by atoms with E-state index in [2.05, 4.69) is 25.9 Å². The third-order valence-corrected chi connectivity index (χ3v) is 4.42. The molecule has 0 fully saturated rings. The van der Waals surface area contributed by atoms with E-state index in [1.807, 2.05) is 0 Å². The molecule has 0 bridgehead atoms. The average molecular weight is 332 g/mol. The molecule has 0 unspecified atom stereocenters. The first-order valence-electron chi connectivity index (χ1n) is 4.95.